The number of ether oxygens (including phenoxy) is 1. The Balaban J connectivity index is 0.000000325. The molecule has 0 aromatic carbocycles. The Morgan fingerprint density at radius 2 is 1.68 bits per heavy atom. The summed E-state index contributed by atoms with van der Waals surface area (Å²) in [7, 11) is 0. The largest absolute Gasteiger partial charge is 2.00 e. The Kier molecular flexibility index (Phi) is 9.30. The maximum absolute atomic E-state index is 5.81. The van der Waals surface area contributed by atoms with Crippen LogP contribution in [0.5, 0.6) is 0 Å². The van der Waals surface area contributed by atoms with Gasteiger partial charge in [0.25, 0.3) is 0 Å². The maximum Gasteiger partial charge on any atom is 2.00 e. The Bertz CT molecular complexity index is 395. The second-order valence-electron chi connectivity index (χ2n) is 6.97. The van der Waals surface area contributed by atoms with Gasteiger partial charge in [-0.25, -0.2) is 4.99 Å². The Morgan fingerprint density at radius 1 is 1.04 bits per heavy atom. The SMILES string of the molecule is CC(C)[C@H]1COC([C]2[CH][CH][CH][C]2CN2CCCC2)=N1.[CH]1[CH][CH][CH][CH]1.[Fe+2]. The van der Waals surface area contributed by atoms with Gasteiger partial charge in [0.2, 0.25) is 0 Å². The fourth-order valence-electron chi connectivity index (χ4n) is 3.18. The summed E-state index contributed by atoms with van der Waals surface area (Å²) in [6.07, 6.45) is 19.1. The molecule has 0 bridgehead atoms. The number of hydrogen-bond donors (Lipinski definition) is 0. The van der Waals surface area contributed by atoms with Crippen molar-refractivity contribution in [3.05, 3.63) is 63.2 Å². The van der Waals surface area contributed by atoms with Gasteiger partial charge in [0.15, 0.2) is 5.90 Å². The van der Waals surface area contributed by atoms with E-state index in [1.165, 1.54) is 37.8 Å². The first-order valence-electron chi connectivity index (χ1n) is 9.08. The van der Waals surface area contributed by atoms with Gasteiger partial charge in [0, 0.05) is 12.5 Å². The molecule has 0 aromatic heterocycles. The van der Waals surface area contributed by atoms with Crippen LogP contribution in [-0.4, -0.2) is 43.1 Å². The van der Waals surface area contributed by atoms with Crippen LogP contribution in [0.3, 0.4) is 0 Å². The van der Waals surface area contributed by atoms with Gasteiger partial charge in [0.05, 0.1) is 12.0 Å². The minimum absolute atomic E-state index is 0. The van der Waals surface area contributed by atoms with E-state index in [1.54, 1.807) is 0 Å². The maximum atomic E-state index is 5.81. The third-order valence-corrected chi connectivity index (χ3v) is 4.73. The second-order valence-corrected chi connectivity index (χ2v) is 6.97. The van der Waals surface area contributed by atoms with E-state index in [4.69, 9.17) is 9.73 Å². The van der Waals surface area contributed by atoms with E-state index in [0.29, 0.717) is 12.0 Å². The van der Waals surface area contributed by atoms with E-state index in [-0.39, 0.29) is 17.1 Å². The molecular weight excluding hydrogens is 352 g/mol. The molecule has 25 heavy (non-hydrogen) atoms. The number of hydrogen-bond acceptors (Lipinski definition) is 3. The van der Waals surface area contributed by atoms with Crippen LogP contribution in [0.4, 0.5) is 0 Å². The van der Waals surface area contributed by atoms with E-state index in [1.807, 2.05) is 32.1 Å². The Hall–Kier alpha value is -0.0505. The predicted molar refractivity (Wildman–Crippen MR) is 98.6 cm³/mol. The molecule has 4 heteroatoms. The Morgan fingerprint density at radius 3 is 2.24 bits per heavy atom. The normalized spacial score (nSPS) is 27.8. The van der Waals surface area contributed by atoms with E-state index in [0.717, 1.165) is 19.0 Å². The molecule has 1 saturated heterocycles. The fraction of sp³-hybridized carbons (Fsp3) is 0.476. The molecule has 0 N–H and O–H groups in total. The molecular formula is C21H28FeN2O+2. The zero-order chi connectivity index (χ0) is 16.8. The summed E-state index contributed by atoms with van der Waals surface area (Å²) in [5, 5.41) is 0. The third-order valence-electron chi connectivity index (χ3n) is 4.73. The number of aliphatic imine (C=N–C) groups is 1. The standard InChI is InChI=1S/C16H23N2O.C5H5.Fe/c1-12(2)15-11-19-16(17-15)14-7-5-6-13(14)10-18-8-3-4-9-18;1-2-4-5-3-1;/h5-7,12,15H,3-4,8-11H2,1-2H3;1-5H;/q;;+2/t15-;;/m1../s1. The average molecular weight is 380 g/mol. The van der Waals surface area contributed by atoms with Gasteiger partial charge in [-0.05, 0) is 83.2 Å². The van der Waals surface area contributed by atoms with Crippen molar-refractivity contribution >= 4 is 5.90 Å². The van der Waals surface area contributed by atoms with Crippen LogP contribution in [0.2, 0.25) is 0 Å². The van der Waals surface area contributed by atoms with Gasteiger partial charge < -0.3 is 9.64 Å². The molecule has 10 radical (unpaired) electrons. The molecule has 3 nitrogen and oxygen atoms in total. The first-order valence-corrected chi connectivity index (χ1v) is 9.08. The van der Waals surface area contributed by atoms with E-state index in [2.05, 4.69) is 38.0 Å². The number of likely N-dealkylation sites (tertiary alicyclic amines) is 1. The summed E-state index contributed by atoms with van der Waals surface area (Å²) in [5.74, 6) is 3.98. The molecule has 2 aliphatic carbocycles. The molecule has 3 fully saturated rings. The zero-order valence-corrected chi connectivity index (χ0v) is 16.3. The van der Waals surface area contributed by atoms with Crippen molar-refractivity contribution in [2.24, 2.45) is 10.9 Å². The first kappa shape index (κ1) is 21.3. The molecule has 2 aliphatic heterocycles. The zero-order valence-electron chi connectivity index (χ0n) is 15.2. The van der Waals surface area contributed by atoms with Crippen LogP contribution >= 0.6 is 0 Å². The second kappa shape index (κ2) is 10.9. The van der Waals surface area contributed by atoms with Crippen molar-refractivity contribution in [1.82, 2.24) is 4.90 Å². The van der Waals surface area contributed by atoms with Crippen LogP contribution in [0.25, 0.3) is 0 Å². The van der Waals surface area contributed by atoms with Gasteiger partial charge in [-0.15, -0.1) is 0 Å². The molecule has 0 unspecified atom stereocenters. The number of rotatable bonds is 4. The van der Waals surface area contributed by atoms with Gasteiger partial charge in [-0.3, -0.25) is 0 Å². The summed E-state index contributed by atoms with van der Waals surface area (Å²) < 4.78 is 5.81. The quantitative estimate of drug-likeness (QED) is 0.699. The summed E-state index contributed by atoms with van der Waals surface area (Å²) in [5.41, 5.74) is 0. The van der Waals surface area contributed by atoms with Crippen LogP contribution in [0.15, 0.2) is 4.99 Å². The smallest absolute Gasteiger partial charge is 0.478 e. The van der Waals surface area contributed by atoms with E-state index >= 15 is 0 Å². The van der Waals surface area contributed by atoms with Crippen LogP contribution in [0.1, 0.15) is 26.7 Å². The molecule has 0 aromatic rings. The predicted octanol–water partition coefficient (Wildman–Crippen LogP) is 3.33. The van der Waals surface area contributed by atoms with Gasteiger partial charge in [-0.2, -0.15) is 0 Å². The van der Waals surface area contributed by atoms with Crippen LogP contribution < -0.4 is 0 Å². The van der Waals surface area contributed by atoms with Gasteiger partial charge >= 0.3 is 17.1 Å². The van der Waals surface area contributed by atoms with Crippen LogP contribution in [0, 0.1) is 69.1 Å². The van der Waals surface area contributed by atoms with Crippen molar-refractivity contribution in [3.63, 3.8) is 0 Å². The topological polar surface area (TPSA) is 24.8 Å². The monoisotopic (exact) mass is 380 g/mol. The summed E-state index contributed by atoms with van der Waals surface area (Å²) in [4.78, 5) is 7.26. The Labute approximate surface area is 165 Å². The van der Waals surface area contributed by atoms with Crippen molar-refractivity contribution < 1.29 is 21.8 Å². The molecule has 4 rings (SSSR count). The summed E-state index contributed by atoms with van der Waals surface area (Å²) >= 11 is 0. The van der Waals surface area contributed by atoms with Crippen molar-refractivity contribution in [1.29, 1.82) is 0 Å². The molecule has 2 saturated carbocycles. The first-order chi connectivity index (χ1) is 11.7. The van der Waals surface area contributed by atoms with E-state index < -0.39 is 0 Å². The summed E-state index contributed by atoms with van der Waals surface area (Å²) in [6.45, 7) is 8.64. The molecule has 4 aliphatic rings. The molecule has 134 valence electrons. The van der Waals surface area contributed by atoms with Crippen molar-refractivity contribution in [2.75, 3.05) is 26.2 Å². The van der Waals surface area contributed by atoms with Gasteiger partial charge in [-0.1, -0.05) is 13.8 Å². The molecule has 0 spiro atoms. The minimum atomic E-state index is 0. The molecule has 1 atom stereocenters. The van der Waals surface area contributed by atoms with Crippen molar-refractivity contribution in [3.8, 4) is 0 Å². The third kappa shape index (κ3) is 6.26. The molecule has 0 amide bonds. The van der Waals surface area contributed by atoms with E-state index in [9.17, 15) is 0 Å². The fourth-order valence-corrected chi connectivity index (χ4v) is 3.18. The van der Waals surface area contributed by atoms with Crippen LogP contribution in [-0.2, 0) is 21.8 Å². The van der Waals surface area contributed by atoms with Crippen molar-refractivity contribution in [2.45, 2.75) is 32.7 Å². The average Bonchev–Trinajstić information content (AvgIpc) is 3.36. The summed E-state index contributed by atoms with van der Waals surface area (Å²) in [6, 6.07) is 0.324. The van der Waals surface area contributed by atoms with Gasteiger partial charge in [0.1, 0.15) is 6.61 Å². The number of nitrogens with zero attached hydrogens (tertiary/aromatic N) is 2. The molecule has 2 heterocycles. The minimum Gasteiger partial charge on any atom is -0.478 e.